The van der Waals surface area contributed by atoms with Crippen LogP contribution >= 0.6 is 0 Å². The van der Waals surface area contributed by atoms with E-state index in [-0.39, 0.29) is 17.6 Å². The number of hydrogen-bond donors (Lipinski definition) is 1. The highest BCUT2D eigenvalue weighted by atomic mass is 19.1. The number of hydrogen-bond acceptors (Lipinski definition) is 3. The average molecular weight is 404 g/mol. The molecule has 1 fully saturated rings. The van der Waals surface area contributed by atoms with Gasteiger partial charge in [-0.25, -0.2) is 9.82 Å². The van der Waals surface area contributed by atoms with Gasteiger partial charge in [0.1, 0.15) is 5.82 Å². The summed E-state index contributed by atoms with van der Waals surface area (Å²) in [5.41, 5.74) is 5.65. The molecule has 1 aliphatic heterocycles. The molecular formula is C25H26FN3O. The van der Waals surface area contributed by atoms with Gasteiger partial charge < -0.3 is 0 Å². The fraction of sp³-hybridized carbons (Fsp3) is 0.280. The normalized spacial score (nSPS) is 16.0. The summed E-state index contributed by atoms with van der Waals surface area (Å²) in [6.07, 6.45) is 1.61. The summed E-state index contributed by atoms with van der Waals surface area (Å²) >= 11 is 0. The Hall–Kier alpha value is -3.05. The lowest BCUT2D eigenvalue weighted by atomic mass is 9.96. The van der Waals surface area contributed by atoms with E-state index >= 15 is 0 Å². The van der Waals surface area contributed by atoms with Crippen molar-refractivity contribution < 1.29 is 9.18 Å². The Labute approximate surface area is 176 Å². The molecule has 5 heteroatoms. The highest BCUT2D eigenvalue weighted by molar-refractivity contribution is 6.02. The van der Waals surface area contributed by atoms with Crippen LogP contribution in [0.25, 0.3) is 10.8 Å². The second-order valence-corrected chi connectivity index (χ2v) is 7.91. The summed E-state index contributed by atoms with van der Waals surface area (Å²) in [5, 5.41) is 6.68. The Morgan fingerprint density at radius 1 is 1.03 bits per heavy atom. The van der Waals surface area contributed by atoms with Crippen LogP contribution in [-0.2, 0) is 11.3 Å². The molecule has 4 rings (SSSR count). The van der Waals surface area contributed by atoms with Crippen LogP contribution in [0.15, 0.2) is 71.8 Å². The van der Waals surface area contributed by atoms with E-state index in [2.05, 4.69) is 39.7 Å². The summed E-state index contributed by atoms with van der Waals surface area (Å²) < 4.78 is 13.0. The molecule has 1 heterocycles. The summed E-state index contributed by atoms with van der Waals surface area (Å²) in [6, 6.07) is 21.0. The van der Waals surface area contributed by atoms with Gasteiger partial charge in [-0.3, -0.25) is 9.69 Å². The summed E-state index contributed by atoms with van der Waals surface area (Å²) in [4.78, 5) is 14.9. The molecule has 0 bridgehead atoms. The molecule has 0 spiro atoms. The quantitative estimate of drug-likeness (QED) is 0.494. The van der Waals surface area contributed by atoms with E-state index in [1.807, 2.05) is 37.3 Å². The number of halogens is 1. The Kier molecular flexibility index (Phi) is 6.19. The molecule has 30 heavy (non-hydrogen) atoms. The molecule has 0 radical (unpaired) electrons. The highest BCUT2D eigenvalue weighted by Gasteiger charge is 2.24. The molecule has 4 nitrogen and oxygen atoms in total. The standard InChI is InChI=1S/C25H26FN3O/c1-18(22-9-8-20-4-2-3-5-23(20)16-22)27-28-25(30)21-12-14-29(15-13-21)17-19-6-10-24(26)11-7-19/h2-11,16,21H,12-15,17H2,1H3,(H,28,30). The van der Waals surface area contributed by atoms with E-state index in [4.69, 9.17) is 0 Å². The van der Waals surface area contributed by atoms with Gasteiger partial charge in [-0.2, -0.15) is 5.10 Å². The average Bonchev–Trinajstić information content (AvgIpc) is 2.79. The minimum atomic E-state index is -0.214. The summed E-state index contributed by atoms with van der Waals surface area (Å²) in [6.45, 7) is 4.40. The summed E-state index contributed by atoms with van der Waals surface area (Å²) in [7, 11) is 0. The van der Waals surface area contributed by atoms with Crippen molar-refractivity contribution in [1.82, 2.24) is 10.3 Å². The molecule has 0 atom stereocenters. The van der Waals surface area contributed by atoms with Gasteiger partial charge in [0.2, 0.25) is 5.91 Å². The van der Waals surface area contributed by atoms with Gasteiger partial charge in [0, 0.05) is 12.5 Å². The predicted octanol–water partition coefficient (Wildman–Crippen LogP) is 4.73. The minimum Gasteiger partial charge on any atom is -0.299 e. The van der Waals surface area contributed by atoms with Gasteiger partial charge in [0.15, 0.2) is 0 Å². The Morgan fingerprint density at radius 2 is 1.73 bits per heavy atom. The number of nitrogens with one attached hydrogen (secondary N) is 1. The third-order valence-corrected chi connectivity index (χ3v) is 5.78. The number of carbonyl (C=O) groups excluding carboxylic acids is 1. The number of fused-ring (bicyclic) bond motifs is 1. The van der Waals surface area contributed by atoms with Crippen LogP contribution in [0.3, 0.4) is 0 Å². The van der Waals surface area contributed by atoms with Crippen LogP contribution in [0.4, 0.5) is 4.39 Å². The van der Waals surface area contributed by atoms with Crippen LogP contribution in [-0.4, -0.2) is 29.6 Å². The molecule has 0 aliphatic carbocycles. The largest absolute Gasteiger partial charge is 0.299 e. The van der Waals surface area contributed by atoms with Crippen molar-refractivity contribution in [1.29, 1.82) is 0 Å². The third kappa shape index (κ3) is 4.92. The first-order chi connectivity index (χ1) is 14.6. The second kappa shape index (κ2) is 9.18. The topological polar surface area (TPSA) is 44.7 Å². The number of likely N-dealkylation sites (tertiary alicyclic amines) is 1. The van der Waals surface area contributed by atoms with E-state index in [0.29, 0.717) is 0 Å². The van der Waals surface area contributed by atoms with Crippen molar-refractivity contribution in [2.24, 2.45) is 11.0 Å². The van der Waals surface area contributed by atoms with Crippen LogP contribution < -0.4 is 5.43 Å². The van der Waals surface area contributed by atoms with Crippen molar-refractivity contribution in [3.8, 4) is 0 Å². The molecule has 1 amide bonds. The zero-order valence-electron chi connectivity index (χ0n) is 17.1. The number of carbonyl (C=O) groups is 1. The lowest BCUT2D eigenvalue weighted by Gasteiger charge is -2.30. The third-order valence-electron chi connectivity index (χ3n) is 5.78. The molecular weight excluding hydrogens is 377 g/mol. The first kappa shape index (κ1) is 20.2. The van der Waals surface area contributed by atoms with E-state index in [1.54, 1.807) is 0 Å². The van der Waals surface area contributed by atoms with Crippen LogP contribution in [0.2, 0.25) is 0 Å². The molecule has 0 saturated carbocycles. The SMILES string of the molecule is CC(=NNC(=O)C1CCN(Cc2ccc(F)cc2)CC1)c1ccc2ccccc2c1. The first-order valence-electron chi connectivity index (χ1n) is 10.4. The number of hydrazone groups is 1. The van der Waals surface area contributed by atoms with Crippen molar-refractivity contribution in [3.05, 3.63) is 83.7 Å². The number of amides is 1. The maximum atomic E-state index is 13.0. The fourth-order valence-electron chi connectivity index (χ4n) is 3.91. The Balaban J connectivity index is 1.30. The monoisotopic (exact) mass is 403 g/mol. The summed E-state index contributed by atoms with van der Waals surface area (Å²) in [5.74, 6) is -0.257. The maximum absolute atomic E-state index is 13.0. The van der Waals surface area contributed by atoms with Gasteiger partial charge in [0.25, 0.3) is 0 Å². The van der Waals surface area contributed by atoms with E-state index in [9.17, 15) is 9.18 Å². The van der Waals surface area contributed by atoms with Gasteiger partial charge >= 0.3 is 0 Å². The highest BCUT2D eigenvalue weighted by Crippen LogP contribution is 2.20. The van der Waals surface area contributed by atoms with E-state index in [0.717, 1.165) is 54.7 Å². The smallest absolute Gasteiger partial charge is 0.243 e. The second-order valence-electron chi connectivity index (χ2n) is 7.91. The van der Waals surface area contributed by atoms with Gasteiger partial charge in [0.05, 0.1) is 5.71 Å². The first-order valence-corrected chi connectivity index (χ1v) is 10.4. The molecule has 154 valence electrons. The number of rotatable bonds is 5. The maximum Gasteiger partial charge on any atom is 0.243 e. The molecule has 0 aromatic heterocycles. The Bertz CT molecular complexity index is 1050. The molecule has 3 aromatic rings. The van der Waals surface area contributed by atoms with Crippen molar-refractivity contribution in [2.75, 3.05) is 13.1 Å². The van der Waals surface area contributed by atoms with Gasteiger partial charge in [-0.15, -0.1) is 0 Å². The van der Waals surface area contributed by atoms with Crippen molar-refractivity contribution in [3.63, 3.8) is 0 Å². The lowest BCUT2D eigenvalue weighted by Crippen LogP contribution is -2.39. The van der Waals surface area contributed by atoms with Gasteiger partial charge in [-0.05, 0) is 73.0 Å². The predicted molar refractivity (Wildman–Crippen MR) is 119 cm³/mol. The van der Waals surface area contributed by atoms with Crippen molar-refractivity contribution >= 4 is 22.4 Å². The number of benzene rings is 3. The van der Waals surface area contributed by atoms with Crippen molar-refractivity contribution in [2.45, 2.75) is 26.3 Å². The van der Waals surface area contributed by atoms with E-state index in [1.165, 1.54) is 17.5 Å². The molecule has 3 aromatic carbocycles. The molecule has 0 unspecified atom stereocenters. The lowest BCUT2D eigenvalue weighted by molar-refractivity contribution is -0.126. The molecule has 1 aliphatic rings. The zero-order valence-corrected chi connectivity index (χ0v) is 17.1. The van der Waals surface area contributed by atoms with E-state index < -0.39 is 0 Å². The number of nitrogens with zero attached hydrogens (tertiary/aromatic N) is 2. The van der Waals surface area contributed by atoms with Crippen LogP contribution in [0, 0.1) is 11.7 Å². The van der Waals surface area contributed by atoms with Crippen LogP contribution in [0.1, 0.15) is 30.9 Å². The zero-order chi connectivity index (χ0) is 20.9. The fourth-order valence-corrected chi connectivity index (χ4v) is 3.91. The molecule has 1 N–H and O–H groups in total. The van der Waals surface area contributed by atoms with Gasteiger partial charge in [-0.1, -0.05) is 48.5 Å². The Morgan fingerprint density at radius 3 is 2.47 bits per heavy atom. The van der Waals surface area contributed by atoms with Crippen LogP contribution in [0.5, 0.6) is 0 Å². The number of piperidine rings is 1. The minimum absolute atomic E-state index is 0.0171. The molecule has 1 saturated heterocycles.